The van der Waals surface area contributed by atoms with Crippen molar-refractivity contribution in [3.05, 3.63) is 53.9 Å². The van der Waals surface area contributed by atoms with Gasteiger partial charge in [0.2, 0.25) is 5.95 Å². The standard InChI is InChI=1S/C20H20N6O3/c1-12-18(19(27)22-20-21-14-7-5-6-8-15(14)25(20)2)23-24-26(12)16-11-13(28-3)9-10-17(16)29-4/h5-11H,1-4H3,(H,21,22,27). The fourth-order valence-electron chi connectivity index (χ4n) is 3.15. The zero-order valence-corrected chi connectivity index (χ0v) is 16.5. The number of para-hydroxylation sites is 2. The summed E-state index contributed by atoms with van der Waals surface area (Å²) in [5.41, 5.74) is 3.10. The molecule has 2 aromatic carbocycles. The summed E-state index contributed by atoms with van der Waals surface area (Å²) in [5, 5.41) is 11.0. The van der Waals surface area contributed by atoms with Crippen LogP contribution in [0.15, 0.2) is 42.5 Å². The molecule has 0 unspecified atom stereocenters. The summed E-state index contributed by atoms with van der Waals surface area (Å²) >= 11 is 0. The molecular weight excluding hydrogens is 372 g/mol. The van der Waals surface area contributed by atoms with Gasteiger partial charge in [-0.1, -0.05) is 17.3 Å². The summed E-state index contributed by atoms with van der Waals surface area (Å²) in [5.74, 6) is 1.26. The highest BCUT2D eigenvalue weighted by atomic mass is 16.5. The lowest BCUT2D eigenvalue weighted by atomic mass is 10.2. The van der Waals surface area contributed by atoms with Crippen molar-refractivity contribution in [3.8, 4) is 17.2 Å². The van der Waals surface area contributed by atoms with Gasteiger partial charge in [-0.2, -0.15) is 0 Å². The lowest BCUT2D eigenvalue weighted by Gasteiger charge is -2.11. The smallest absolute Gasteiger partial charge is 0.280 e. The lowest BCUT2D eigenvalue weighted by Crippen LogP contribution is -2.17. The Bertz CT molecular complexity index is 1210. The van der Waals surface area contributed by atoms with Crippen LogP contribution in [-0.4, -0.2) is 44.7 Å². The minimum Gasteiger partial charge on any atom is -0.497 e. The Balaban J connectivity index is 1.68. The van der Waals surface area contributed by atoms with Crippen LogP contribution in [0.25, 0.3) is 16.7 Å². The van der Waals surface area contributed by atoms with Crippen molar-refractivity contribution in [2.45, 2.75) is 6.92 Å². The second kappa shape index (κ2) is 7.27. The Morgan fingerprint density at radius 3 is 2.62 bits per heavy atom. The van der Waals surface area contributed by atoms with Crippen molar-refractivity contribution in [1.29, 1.82) is 0 Å². The van der Waals surface area contributed by atoms with Gasteiger partial charge in [-0.05, 0) is 31.2 Å². The first-order valence-electron chi connectivity index (χ1n) is 8.91. The largest absolute Gasteiger partial charge is 0.497 e. The van der Waals surface area contributed by atoms with Gasteiger partial charge in [-0.15, -0.1) is 5.10 Å². The molecule has 0 aliphatic rings. The number of imidazole rings is 1. The number of nitrogens with zero attached hydrogens (tertiary/aromatic N) is 5. The number of methoxy groups -OCH3 is 2. The second-order valence-electron chi connectivity index (χ2n) is 6.41. The summed E-state index contributed by atoms with van der Waals surface area (Å²) < 4.78 is 14.1. The van der Waals surface area contributed by atoms with Crippen LogP contribution in [-0.2, 0) is 7.05 Å². The Morgan fingerprint density at radius 1 is 1.10 bits per heavy atom. The first kappa shape index (κ1) is 18.5. The molecule has 4 aromatic rings. The maximum Gasteiger partial charge on any atom is 0.280 e. The molecule has 0 aliphatic heterocycles. The molecule has 0 bridgehead atoms. The van der Waals surface area contributed by atoms with E-state index >= 15 is 0 Å². The van der Waals surface area contributed by atoms with Crippen LogP contribution in [0.5, 0.6) is 11.5 Å². The van der Waals surface area contributed by atoms with Crippen LogP contribution in [0.3, 0.4) is 0 Å². The number of benzene rings is 2. The van der Waals surface area contributed by atoms with Gasteiger partial charge in [0.15, 0.2) is 5.69 Å². The number of hydrogen-bond donors (Lipinski definition) is 1. The van der Waals surface area contributed by atoms with Gasteiger partial charge in [-0.25, -0.2) is 9.67 Å². The number of carbonyl (C=O) groups excluding carboxylic acids is 1. The molecule has 148 valence electrons. The molecule has 0 spiro atoms. The lowest BCUT2D eigenvalue weighted by molar-refractivity contribution is 0.102. The van der Waals surface area contributed by atoms with Crippen molar-refractivity contribution in [3.63, 3.8) is 0 Å². The zero-order valence-electron chi connectivity index (χ0n) is 16.5. The zero-order chi connectivity index (χ0) is 20.5. The molecule has 29 heavy (non-hydrogen) atoms. The van der Waals surface area contributed by atoms with E-state index in [0.717, 1.165) is 11.0 Å². The summed E-state index contributed by atoms with van der Waals surface area (Å²) in [6.45, 7) is 1.77. The molecule has 1 N–H and O–H groups in total. The monoisotopic (exact) mass is 392 g/mol. The van der Waals surface area contributed by atoms with Crippen molar-refractivity contribution < 1.29 is 14.3 Å². The van der Waals surface area contributed by atoms with E-state index in [1.54, 1.807) is 44.0 Å². The van der Waals surface area contributed by atoms with E-state index in [1.807, 2.05) is 35.9 Å². The predicted octanol–water partition coefficient (Wildman–Crippen LogP) is 2.73. The number of nitrogens with one attached hydrogen (secondary N) is 1. The molecule has 0 fully saturated rings. The topological polar surface area (TPSA) is 96.1 Å². The van der Waals surface area contributed by atoms with E-state index in [2.05, 4.69) is 20.6 Å². The third-order valence-corrected chi connectivity index (χ3v) is 4.74. The van der Waals surface area contributed by atoms with E-state index in [4.69, 9.17) is 9.47 Å². The van der Waals surface area contributed by atoms with Crippen LogP contribution >= 0.6 is 0 Å². The maximum atomic E-state index is 12.8. The van der Waals surface area contributed by atoms with E-state index < -0.39 is 5.91 Å². The van der Waals surface area contributed by atoms with Crippen molar-refractivity contribution >= 4 is 22.9 Å². The molecule has 0 atom stereocenters. The Hall–Kier alpha value is -3.88. The van der Waals surface area contributed by atoms with Gasteiger partial charge < -0.3 is 14.0 Å². The molecule has 0 aliphatic carbocycles. The third-order valence-electron chi connectivity index (χ3n) is 4.74. The highest BCUT2D eigenvalue weighted by Gasteiger charge is 2.21. The van der Waals surface area contributed by atoms with Gasteiger partial charge in [0.25, 0.3) is 5.91 Å². The first-order valence-corrected chi connectivity index (χ1v) is 8.91. The van der Waals surface area contributed by atoms with E-state index in [0.29, 0.717) is 28.8 Å². The maximum absolute atomic E-state index is 12.8. The molecule has 0 radical (unpaired) electrons. The number of ether oxygens (including phenoxy) is 2. The minimum absolute atomic E-state index is 0.196. The van der Waals surface area contributed by atoms with Crippen molar-refractivity contribution in [2.75, 3.05) is 19.5 Å². The van der Waals surface area contributed by atoms with E-state index in [9.17, 15) is 4.79 Å². The van der Waals surface area contributed by atoms with Gasteiger partial charge in [0.05, 0.1) is 30.9 Å². The molecule has 2 aromatic heterocycles. The molecule has 2 heterocycles. The summed E-state index contributed by atoms with van der Waals surface area (Å²) in [6.07, 6.45) is 0. The number of aryl methyl sites for hydroxylation is 1. The Labute approximate surface area is 166 Å². The fourth-order valence-corrected chi connectivity index (χ4v) is 3.15. The highest BCUT2D eigenvalue weighted by molar-refractivity contribution is 6.03. The summed E-state index contributed by atoms with van der Waals surface area (Å²) in [7, 11) is 4.99. The molecule has 1 amide bonds. The van der Waals surface area contributed by atoms with Crippen LogP contribution in [0.2, 0.25) is 0 Å². The molecule has 9 nitrogen and oxygen atoms in total. The molecule has 0 saturated heterocycles. The number of amides is 1. The average Bonchev–Trinajstić information content (AvgIpc) is 3.27. The second-order valence-corrected chi connectivity index (χ2v) is 6.41. The van der Waals surface area contributed by atoms with E-state index in [1.165, 1.54) is 0 Å². The number of rotatable bonds is 5. The van der Waals surface area contributed by atoms with Crippen molar-refractivity contribution in [2.24, 2.45) is 7.05 Å². The Morgan fingerprint density at radius 2 is 1.90 bits per heavy atom. The summed E-state index contributed by atoms with van der Waals surface area (Å²) in [6, 6.07) is 13.0. The van der Waals surface area contributed by atoms with Crippen LogP contribution in [0.4, 0.5) is 5.95 Å². The number of fused-ring (bicyclic) bond motifs is 1. The van der Waals surface area contributed by atoms with Crippen LogP contribution in [0.1, 0.15) is 16.2 Å². The Kier molecular flexibility index (Phi) is 4.63. The summed E-state index contributed by atoms with van der Waals surface area (Å²) in [4.78, 5) is 17.3. The molecular formula is C20H20N6O3. The van der Waals surface area contributed by atoms with Gasteiger partial charge >= 0.3 is 0 Å². The third kappa shape index (κ3) is 3.16. The number of hydrogen-bond acceptors (Lipinski definition) is 6. The highest BCUT2D eigenvalue weighted by Crippen LogP contribution is 2.28. The quantitative estimate of drug-likeness (QED) is 0.561. The average molecular weight is 392 g/mol. The molecule has 9 heteroatoms. The molecule has 0 saturated carbocycles. The molecule has 4 rings (SSSR count). The minimum atomic E-state index is -0.394. The van der Waals surface area contributed by atoms with Crippen LogP contribution in [0, 0.1) is 6.92 Å². The number of anilines is 1. The van der Waals surface area contributed by atoms with E-state index in [-0.39, 0.29) is 5.69 Å². The first-order chi connectivity index (χ1) is 14.0. The van der Waals surface area contributed by atoms with Gasteiger partial charge in [0.1, 0.15) is 17.2 Å². The van der Waals surface area contributed by atoms with Crippen molar-refractivity contribution in [1.82, 2.24) is 24.5 Å². The number of carbonyl (C=O) groups is 1. The van der Waals surface area contributed by atoms with Crippen LogP contribution < -0.4 is 14.8 Å². The van der Waals surface area contributed by atoms with Gasteiger partial charge in [0, 0.05) is 13.1 Å². The number of aromatic nitrogens is 5. The normalized spacial score (nSPS) is 10.9. The van der Waals surface area contributed by atoms with Gasteiger partial charge in [-0.3, -0.25) is 10.1 Å². The fraction of sp³-hybridized carbons (Fsp3) is 0.200. The SMILES string of the molecule is COc1ccc(OC)c(-n2nnc(C(=O)Nc3nc4ccccc4n3C)c2C)c1. The predicted molar refractivity (Wildman–Crippen MR) is 108 cm³/mol.